The average molecular weight is 410 g/mol. The largest absolute Gasteiger partial charge is 0.494 e. The number of hydrogen-bond donors (Lipinski definition) is 1. The van der Waals surface area contributed by atoms with Gasteiger partial charge >= 0.3 is 0 Å². The summed E-state index contributed by atoms with van der Waals surface area (Å²) >= 11 is 1.42. The lowest BCUT2D eigenvalue weighted by molar-refractivity contribution is 0.0827. The maximum Gasteiger partial charge on any atom is 0.271 e. The van der Waals surface area contributed by atoms with Crippen molar-refractivity contribution < 1.29 is 14.3 Å². The molecule has 1 aromatic heterocycles. The van der Waals surface area contributed by atoms with Gasteiger partial charge in [-0.05, 0) is 48.9 Å². The van der Waals surface area contributed by atoms with Gasteiger partial charge in [-0.25, -0.2) is 4.98 Å². The van der Waals surface area contributed by atoms with Crippen molar-refractivity contribution in [2.24, 2.45) is 0 Å². The molecule has 0 radical (unpaired) electrons. The Bertz CT molecular complexity index is 997. The van der Waals surface area contributed by atoms with E-state index in [0.717, 1.165) is 21.9 Å². The first kappa shape index (κ1) is 20.5. The molecule has 29 heavy (non-hydrogen) atoms. The summed E-state index contributed by atoms with van der Waals surface area (Å²) in [5, 5.41) is 5.38. The molecular weight excluding hydrogens is 386 g/mol. The quantitative estimate of drug-likeness (QED) is 0.644. The first-order valence-corrected chi connectivity index (χ1v) is 10.1. The molecule has 150 valence electrons. The Morgan fingerprint density at radius 1 is 1.14 bits per heavy atom. The molecule has 0 atom stereocenters. The highest BCUT2D eigenvalue weighted by atomic mass is 32.1. The van der Waals surface area contributed by atoms with Crippen LogP contribution in [-0.4, -0.2) is 42.4 Å². The van der Waals surface area contributed by atoms with Gasteiger partial charge in [-0.1, -0.05) is 12.1 Å². The van der Waals surface area contributed by atoms with E-state index in [1.54, 1.807) is 31.6 Å². The van der Waals surface area contributed by atoms with Crippen molar-refractivity contribution in [3.63, 3.8) is 0 Å². The standard InChI is InChI=1S/C22H23N3O3S/c1-4-28-18-10-8-16(9-11-18)21-24-19(14-29-21)20(26)23-13-15-6-5-7-17(12-15)22(27)25(2)3/h5-12,14H,4,13H2,1-3H3,(H,23,26). The molecule has 0 saturated carbocycles. The molecule has 2 amide bonds. The van der Waals surface area contributed by atoms with Crippen molar-refractivity contribution >= 4 is 23.2 Å². The predicted octanol–water partition coefficient (Wildman–Crippen LogP) is 3.84. The molecule has 0 aliphatic carbocycles. The van der Waals surface area contributed by atoms with Crippen molar-refractivity contribution in [3.05, 3.63) is 70.7 Å². The van der Waals surface area contributed by atoms with Gasteiger partial charge in [-0.15, -0.1) is 11.3 Å². The minimum atomic E-state index is -0.247. The number of nitrogens with zero attached hydrogens (tertiary/aromatic N) is 2. The van der Waals surface area contributed by atoms with E-state index in [4.69, 9.17) is 4.74 Å². The summed E-state index contributed by atoms with van der Waals surface area (Å²) in [6.07, 6.45) is 0. The zero-order valence-electron chi connectivity index (χ0n) is 16.6. The fraction of sp³-hybridized carbons (Fsp3) is 0.227. The molecule has 0 saturated heterocycles. The third kappa shape index (κ3) is 5.20. The summed E-state index contributed by atoms with van der Waals surface area (Å²) < 4.78 is 5.45. The Balaban J connectivity index is 1.63. The Kier molecular flexibility index (Phi) is 6.61. The van der Waals surface area contributed by atoms with Crippen LogP contribution in [0.25, 0.3) is 10.6 Å². The zero-order chi connectivity index (χ0) is 20.8. The van der Waals surface area contributed by atoms with Gasteiger partial charge in [0.2, 0.25) is 0 Å². The monoisotopic (exact) mass is 409 g/mol. The topological polar surface area (TPSA) is 71.5 Å². The molecule has 0 aliphatic rings. The lowest BCUT2D eigenvalue weighted by Gasteiger charge is -2.11. The number of nitrogens with one attached hydrogen (secondary N) is 1. The highest BCUT2D eigenvalue weighted by molar-refractivity contribution is 7.13. The lowest BCUT2D eigenvalue weighted by atomic mass is 10.1. The van der Waals surface area contributed by atoms with Crippen LogP contribution in [0.5, 0.6) is 5.75 Å². The lowest BCUT2D eigenvalue weighted by Crippen LogP contribution is -2.24. The highest BCUT2D eigenvalue weighted by Crippen LogP contribution is 2.25. The molecule has 0 spiro atoms. The van der Waals surface area contributed by atoms with Crippen molar-refractivity contribution in [2.45, 2.75) is 13.5 Å². The number of aromatic nitrogens is 1. The minimum absolute atomic E-state index is 0.0716. The Morgan fingerprint density at radius 2 is 1.90 bits per heavy atom. The number of thiazole rings is 1. The molecule has 1 N–H and O–H groups in total. The predicted molar refractivity (Wildman–Crippen MR) is 114 cm³/mol. The first-order chi connectivity index (χ1) is 14.0. The van der Waals surface area contributed by atoms with E-state index in [9.17, 15) is 9.59 Å². The van der Waals surface area contributed by atoms with Gasteiger partial charge in [0, 0.05) is 37.1 Å². The second-order valence-electron chi connectivity index (χ2n) is 6.58. The van der Waals surface area contributed by atoms with E-state index in [2.05, 4.69) is 10.3 Å². The van der Waals surface area contributed by atoms with Crippen LogP contribution in [0.1, 0.15) is 33.3 Å². The van der Waals surface area contributed by atoms with E-state index < -0.39 is 0 Å². The molecule has 0 bridgehead atoms. The Hall–Kier alpha value is -3.19. The summed E-state index contributed by atoms with van der Waals surface area (Å²) in [7, 11) is 3.42. The molecule has 2 aromatic carbocycles. The van der Waals surface area contributed by atoms with Gasteiger partial charge in [0.25, 0.3) is 11.8 Å². The van der Waals surface area contributed by atoms with Gasteiger partial charge in [-0.2, -0.15) is 0 Å². The van der Waals surface area contributed by atoms with E-state index in [0.29, 0.717) is 24.4 Å². The van der Waals surface area contributed by atoms with Crippen LogP contribution in [-0.2, 0) is 6.54 Å². The molecule has 1 heterocycles. The molecule has 7 heteroatoms. The third-order valence-corrected chi connectivity index (χ3v) is 5.07. The van der Waals surface area contributed by atoms with Crippen molar-refractivity contribution in [3.8, 4) is 16.3 Å². The number of carbonyl (C=O) groups is 2. The molecule has 3 rings (SSSR count). The Labute approximate surface area is 174 Å². The average Bonchev–Trinajstić information content (AvgIpc) is 3.23. The van der Waals surface area contributed by atoms with Gasteiger partial charge in [0.1, 0.15) is 16.5 Å². The van der Waals surface area contributed by atoms with Crippen molar-refractivity contribution in [1.29, 1.82) is 0 Å². The molecule has 0 aliphatic heterocycles. The molecule has 0 unspecified atom stereocenters. The minimum Gasteiger partial charge on any atom is -0.494 e. The van der Waals surface area contributed by atoms with E-state index >= 15 is 0 Å². The summed E-state index contributed by atoms with van der Waals surface area (Å²) in [5.74, 6) is 0.487. The SMILES string of the molecule is CCOc1ccc(-c2nc(C(=O)NCc3cccc(C(=O)N(C)C)c3)cs2)cc1. The summed E-state index contributed by atoms with van der Waals surface area (Å²) in [5.41, 5.74) is 2.76. The van der Waals surface area contributed by atoms with E-state index in [1.165, 1.54) is 16.2 Å². The number of ether oxygens (including phenoxy) is 1. The van der Waals surface area contributed by atoms with Gasteiger partial charge < -0.3 is 15.0 Å². The van der Waals surface area contributed by atoms with Crippen LogP contribution in [0.3, 0.4) is 0 Å². The number of hydrogen-bond acceptors (Lipinski definition) is 5. The number of rotatable bonds is 7. The van der Waals surface area contributed by atoms with Crippen LogP contribution in [0.4, 0.5) is 0 Å². The van der Waals surface area contributed by atoms with Crippen LogP contribution < -0.4 is 10.1 Å². The van der Waals surface area contributed by atoms with Gasteiger partial charge in [-0.3, -0.25) is 9.59 Å². The van der Waals surface area contributed by atoms with Crippen LogP contribution in [0, 0.1) is 0 Å². The molecular formula is C22H23N3O3S. The Morgan fingerprint density at radius 3 is 2.59 bits per heavy atom. The van der Waals surface area contributed by atoms with Gasteiger partial charge in [0.05, 0.1) is 6.61 Å². The van der Waals surface area contributed by atoms with Crippen molar-refractivity contribution in [2.75, 3.05) is 20.7 Å². The third-order valence-electron chi connectivity index (χ3n) is 4.18. The zero-order valence-corrected chi connectivity index (χ0v) is 17.5. The number of carbonyl (C=O) groups excluding carboxylic acids is 2. The van der Waals surface area contributed by atoms with Crippen molar-refractivity contribution in [1.82, 2.24) is 15.2 Å². The number of amides is 2. The summed E-state index contributed by atoms with van der Waals surface area (Å²) in [4.78, 5) is 30.5. The maximum atomic E-state index is 12.5. The number of benzene rings is 2. The van der Waals surface area contributed by atoms with Crippen LogP contribution in [0.15, 0.2) is 53.9 Å². The van der Waals surface area contributed by atoms with E-state index in [-0.39, 0.29) is 11.8 Å². The molecule has 6 nitrogen and oxygen atoms in total. The molecule has 0 fully saturated rings. The first-order valence-electron chi connectivity index (χ1n) is 9.25. The fourth-order valence-electron chi connectivity index (χ4n) is 2.72. The molecule has 3 aromatic rings. The second-order valence-corrected chi connectivity index (χ2v) is 7.44. The summed E-state index contributed by atoms with van der Waals surface area (Å²) in [6.45, 7) is 2.88. The van der Waals surface area contributed by atoms with Gasteiger partial charge in [0.15, 0.2) is 0 Å². The van der Waals surface area contributed by atoms with Crippen LogP contribution in [0.2, 0.25) is 0 Å². The summed E-state index contributed by atoms with van der Waals surface area (Å²) in [6, 6.07) is 14.9. The maximum absolute atomic E-state index is 12.5. The second kappa shape index (κ2) is 9.34. The smallest absolute Gasteiger partial charge is 0.271 e. The normalized spacial score (nSPS) is 10.4. The fourth-order valence-corrected chi connectivity index (χ4v) is 3.52. The van der Waals surface area contributed by atoms with E-state index in [1.807, 2.05) is 43.3 Å². The highest BCUT2D eigenvalue weighted by Gasteiger charge is 2.13. The van der Waals surface area contributed by atoms with Crippen LogP contribution >= 0.6 is 11.3 Å².